The van der Waals surface area contributed by atoms with Crippen LogP contribution < -0.4 is 15.0 Å². The van der Waals surface area contributed by atoms with Gasteiger partial charge in [-0.1, -0.05) is 0 Å². The van der Waals surface area contributed by atoms with E-state index < -0.39 is 18.7 Å². The lowest BCUT2D eigenvalue weighted by Gasteiger charge is -2.29. The van der Waals surface area contributed by atoms with Crippen LogP contribution in [0.25, 0.3) is 0 Å². The number of rotatable bonds is 6. The Bertz CT molecular complexity index is 798. The molecular weight excluding hydrogens is 379 g/mol. The fourth-order valence-corrected chi connectivity index (χ4v) is 2.57. The second kappa shape index (κ2) is 8.83. The second-order valence-electron chi connectivity index (χ2n) is 5.91. The van der Waals surface area contributed by atoms with Crippen LogP contribution in [0.3, 0.4) is 0 Å². The summed E-state index contributed by atoms with van der Waals surface area (Å²) in [5.74, 6) is -0.108. The number of anilines is 1. The summed E-state index contributed by atoms with van der Waals surface area (Å²) in [6.07, 6.45) is -0.256. The molecule has 1 N–H and O–H groups in total. The molecule has 1 saturated heterocycles. The van der Waals surface area contributed by atoms with Crippen molar-refractivity contribution >= 4 is 11.7 Å². The number of carbonyl (C=O) groups excluding carboxylic acids is 1. The first-order chi connectivity index (χ1) is 13.4. The Balaban J connectivity index is 1.75. The van der Waals surface area contributed by atoms with Gasteiger partial charge >= 0.3 is 6.18 Å². The Hall–Kier alpha value is -2.95. The fraction of sp³-hybridized carbons (Fsp3) is 0.412. The molecule has 1 fully saturated rings. The summed E-state index contributed by atoms with van der Waals surface area (Å²) in [6, 6.07) is 2.93. The molecule has 0 unspecified atom stereocenters. The molecule has 28 heavy (non-hydrogen) atoms. The van der Waals surface area contributed by atoms with Gasteiger partial charge < -0.3 is 19.7 Å². The average molecular weight is 397 g/mol. The highest BCUT2D eigenvalue weighted by Gasteiger charge is 2.29. The maximum atomic E-state index is 12.4. The van der Waals surface area contributed by atoms with Crippen LogP contribution in [0.2, 0.25) is 0 Å². The van der Waals surface area contributed by atoms with Crippen molar-refractivity contribution in [1.29, 1.82) is 0 Å². The Morgan fingerprint density at radius 1 is 1.25 bits per heavy atom. The number of aromatic nitrogens is 3. The third-order valence-electron chi connectivity index (χ3n) is 3.86. The van der Waals surface area contributed by atoms with Gasteiger partial charge in [-0.05, 0) is 6.07 Å². The van der Waals surface area contributed by atoms with E-state index in [9.17, 15) is 18.0 Å². The van der Waals surface area contributed by atoms with E-state index in [1.807, 2.05) is 4.90 Å². The number of nitrogens with zero attached hydrogens (tertiary/aromatic N) is 4. The Morgan fingerprint density at radius 3 is 2.71 bits per heavy atom. The van der Waals surface area contributed by atoms with Crippen LogP contribution >= 0.6 is 0 Å². The van der Waals surface area contributed by atoms with Crippen molar-refractivity contribution in [3.63, 3.8) is 0 Å². The second-order valence-corrected chi connectivity index (χ2v) is 5.91. The maximum absolute atomic E-state index is 12.4. The monoisotopic (exact) mass is 397 g/mol. The Morgan fingerprint density at radius 2 is 2.04 bits per heavy atom. The molecule has 0 aromatic carbocycles. The van der Waals surface area contributed by atoms with Crippen molar-refractivity contribution in [3.8, 4) is 5.88 Å². The predicted octanol–water partition coefficient (Wildman–Crippen LogP) is 1.58. The number of hydrogen-bond acceptors (Lipinski definition) is 7. The number of carbonyl (C=O) groups is 1. The van der Waals surface area contributed by atoms with Gasteiger partial charge in [0, 0.05) is 43.7 Å². The Labute approximate surface area is 158 Å². The third kappa shape index (κ3) is 5.52. The molecule has 0 saturated carbocycles. The van der Waals surface area contributed by atoms with Gasteiger partial charge in [-0.25, -0.2) is 4.98 Å². The van der Waals surface area contributed by atoms with Crippen molar-refractivity contribution in [2.24, 2.45) is 0 Å². The van der Waals surface area contributed by atoms with Gasteiger partial charge in [0.15, 0.2) is 6.61 Å². The lowest BCUT2D eigenvalue weighted by molar-refractivity contribution is -0.154. The minimum Gasteiger partial charge on any atom is -0.468 e. The molecule has 1 aliphatic heterocycles. The summed E-state index contributed by atoms with van der Waals surface area (Å²) < 4.78 is 47.3. The zero-order chi connectivity index (χ0) is 20.0. The molecule has 0 aliphatic carbocycles. The molecule has 0 bridgehead atoms. The first-order valence-corrected chi connectivity index (χ1v) is 8.49. The SMILES string of the molecule is O=C(NCc1ccc(OCC(F)(F)F)nc1N1CCOCC1)c1cnccn1. The van der Waals surface area contributed by atoms with E-state index in [1.165, 1.54) is 24.7 Å². The molecule has 3 heterocycles. The van der Waals surface area contributed by atoms with E-state index in [2.05, 4.69) is 20.3 Å². The average Bonchev–Trinajstić information content (AvgIpc) is 2.71. The Kier molecular flexibility index (Phi) is 6.24. The van der Waals surface area contributed by atoms with Crippen LogP contribution in [0.4, 0.5) is 19.0 Å². The van der Waals surface area contributed by atoms with Crippen molar-refractivity contribution < 1.29 is 27.4 Å². The van der Waals surface area contributed by atoms with Crippen LogP contribution in [0.15, 0.2) is 30.7 Å². The van der Waals surface area contributed by atoms with E-state index in [0.717, 1.165) is 0 Å². The standard InChI is InChI=1S/C17H18F3N5O3/c18-17(19,20)11-28-14-2-1-12(15(24-14)25-5-7-27-8-6-25)9-23-16(26)13-10-21-3-4-22-13/h1-4,10H,5-9,11H2,(H,23,26). The fourth-order valence-electron chi connectivity index (χ4n) is 2.57. The topological polar surface area (TPSA) is 89.5 Å². The van der Waals surface area contributed by atoms with Crippen molar-refractivity contribution in [1.82, 2.24) is 20.3 Å². The number of morpholine rings is 1. The summed E-state index contributed by atoms with van der Waals surface area (Å²) in [6.45, 7) is 0.697. The van der Waals surface area contributed by atoms with Gasteiger partial charge in [0.25, 0.3) is 5.91 Å². The molecule has 3 rings (SSSR count). The lowest BCUT2D eigenvalue weighted by Crippen LogP contribution is -2.38. The van der Waals surface area contributed by atoms with E-state index >= 15 is 0 Å². The summed E-state index contributed by atoms with van der Waals surface area (Å²) >= 11 is 0. The van der Waals surface area contributed by atoms with Gasteiger partial charge in [0.2, 0.25) is 5.88 Å². The minimum atomic E-state index is -4.45. The molecule has 8 nitrogen and oxygen atoms in total. The van der Waals surface area contributed by atoms with Gasteiger partial charge in [0.1, 0.15) is 11.5 Å². The molecule has 1 aliphatic rings. The van der Waals surface area contributed by atoms with Crippen LogP contribution in [0.5, 0.6) is 5.88 Å². The van der Waals surface area contributed by atoms with Gasteiger partial charge in [0.05, 0.1) is 19.4 Å². The van der Waals surface area contributed by atoms with Crippen LogP contribution in [0.1, 0.15) is 16.1 Å². The quantitative estimate of drug-likeness (QED) is 0.792. The van der Waals surface area contributed by atoms with E-state index in [-0.39, 0.29) is 18.1 Å². The normalized spacial score (nSPS) is 14.6. The lowest BCUT2D eigenvalue weighted by atomic mass is 10.2. The molecule has 1 amide bonds. The van der Waals surface area contributed by atoms with Crippen LogP contribution in [-0.4, -0.2) is 59.9 Å². The minimum absolute atomic E-state index is 0.120. The molecule has 0 radical (unpaired) electrons. The molecule has 2 aromatic rings. The number of halogens is 3. The third-order valence-corrected chi connectivity index (χ3v) is 3.86. The first kappa shape index (κ1) is 19.8. The van der Waals surface area contributed by atoms with Crippen LogP contribution in [-0.2, 0) is 11.3 Å². The predicted molar refractivity (Wildman–Crippen MR) is 92.0 cm³/mol. The van der Waals surface area contributed by atoms with E-state index in [1.54, 1.807) is 6.07 Å². The molecule has 11 heteroatoms. The highest BCUT2D eigenvalue weighted by molar-refractivity contribution is 5.91. The number of ether oxygens (including phenoxy) is 2. The molecule has 2 aromatic heterocycles. The smallest absolute Gasteiger partial charge is 0.422 e. The van der Waals surface area contributed by atoms with Gasteiger partial charge in [-0.15, -0.1) is 0 Å². The van der Waals surface area contributed by atoms with Gasteiger partial charge in [-0.3, -0.25) is 9.78 Å². The van der Waals surface area contributed by atoms with Crippen LogP contribution in [0, 0.1) is 0 Å². The summed E-state index contributed by atoms with van der Waals surface area (Å²) in [7, 11) is 0. The molecule has 0 spiro atoms. The zero-order valence-corrected chi connectivity index (χ0v) is 14.8. The highest BCUT2D eigenvalue weighted by atomic mass is 19.4. The number of alkyl halides is 3. The summed E-state index contributed by atoms with van der Waals surface area (Å²) in [4.78, 5) is 26.0. The number of hydrogen-bond donors (Lipinski definition) is 1. The van der Waals surface area contributed by atoms with Crippen molar-refractivity contribution in [3.05, 3.63) is 42.0 Å². The van der Waals surface area contributed by atoms with Gasteiger partial charge in [-0.2, -0.15) is 18.2 Å². The highest BCUT2D eigenvalue weighted by Crippen LogP contribution is 2.24. The molecule has 0 atom stereocenters. The maximum Gasteiger partial charge on any atom is 0.422 e. The van der Waals surface area contributed by atoms with Crippen molar-refractivity contribution in [2.45, 2.75) is 12.7 Å². The molecule has 150 valence electrons. The zero-order valence-electron chi connectivity index (χ0n) is 14.8. The number of nitrogens with one attached hydrogen (secondary N) is 1. The summed E-state index contributed by atoms with van der Waals surface area (Å²) in [5.41, 5.74) is 0.798. The number of amides is 1. The largest absolute Gasteiger partial charge is 0.468 e. The number of pyridine rings is 1. The van der Waals surface area contributed by atoms with E-state index in [0.29, 0.717) is 37.7 Å². The van der Waals surface area contributed by atoms with Crippen molar-refractivity contribution in [2.75, 3.05) is 37.8 Å². The summed E-state index contributed by atoms with van der Waals surface area (Å²) in [5, 5.41) is 2.71. The molecular formula is C17H18F3N5O3. The first-order valence-electron chi connectivity index (χ1n) is 8.49. The van der Waals surface area contributed by atoms with E-state index in [4.69, 9.17) is 9.47 Å².